The third-order valence-corrected chi connectivity index (χ3v) is 4.02. The Morgan fingerprint density at radius 3 is 2.78 bits per heavy atom. The van der Waals surface area contributed by atoms with Crippen LogP contribution in [0.2, 0.25) is 0 Å². The first-order chi connectivity index (χ1) is 11.0. The molecule has 0 spiro atoms. The lowest BCUT2D eigenvalue weighted by molar-refractivity contribution is 0.387. The summed E-state index contributed by atoms with van der Waals surface area (Å²) < 4.78 is 10.6. The average Bonchev–Trinajstić information content (AvgIpc) is 3.18. The van der Waals surface area contributed by atoms with Gasteiger partial charge in [0.25, 0.3) is 0 Å². The van der Waals surface area contributed by atoms with Crippen molar-refractivity contribution in [3.8, 4) is 0 Å². The van der Waals surface area contributed by atoms with Crippen LogP contribution in [0.15, 0.2) is 27.3 Å². The van der Waals surface area contributed by atoms with E-state index in [0.717, 1.165) is 22.4 Å². The second-order valence-electron chi connectivity index (χ2n) is 5.72. The van der Waals surface area contributed by atoms with E-state index in [-0.39, 0.29) is 5.92 Å². The number of halogens is 1. The summed E-state index contributed by atoms with van der Waals surface area (Å²) in [5.41, 5.74) is 2.16. The van der Waals surface area contributed by atoms with Crippen molar-refractivity contribution in [1.29, 1.82) is 0 Å². The molecule has 0 aliphatic heterocycles. The van der Waals surface area contributed by atoms with Crippen molar-refractivity contribution in [2.45, 2.75) is 46.2 Å². The minimum atomic E-state index is 0.108. The van der Waals surface area contributed by atoms with Gasteiger partial charge in [-0.05, 0) is 35.8 Å². The topological polar surface area (TPSA) is 74.6 Å². The minimum absolute atomic E-state index is 0.108. The predicted molar refractivity (Wildman–Crippen MR) is 88.0 cm³/mol. The van der Waals surface area contributed by atoms with E-state index in [9.17, 15) is 0 Å². The van der Waals surface area contributed by atoms with Gasteiger partial charge in [0.2, 0.25) is 11.8 Å². The van der Waals surface area contributed by atoms with E-state index < -0.39 is 0 Å². The SMILES string of the molecule is Cc1cc(C)n(CCc2nnc(C(C)Cn3cc(Br)cn3)o2)n1. The van der Waals surface area contributed by atoms with Gasteiger partial charge in [-0.2, -0.15) is 10.2 Å². The maximum Gasteiger partial charge on any atom is 0.221 e. The van der Waals surface area contributed by atoms with E-state index in [1.54, 1.807) is 6.20 Å². The van der Waals surface area contributed by atoms with Crippen molar-refractivity contribution in [1.82, 2.24) is 29.8 Å². The van der Waals surface area contributed by atoms with E-state index in [2.05, 4.69) is 42.4 Å². The van der Waals surface area contributed by atoms with Crippen LogP contribution in [0.25, 0.3) is 0 Å². The van der Waals surface area contributed by atoms with Crippen molar-refractivity contribution >= 4 is 15.9 Å². The number of hydrogen-bond acceptors (Lipinski definition) is 5. The fourth-order valence-electron chi connectivity index (χ4n) is 2.47. The molecule has 1 atom stereocenters. The number of rotatable bonds is 6. The Kier molecular flexibility index (Phi) is 4.61. The first kappa shape index (κ1) is 15.9. The summed E-state index contributed by atoms with van der Waals surface area (Å²) in [6.07, 6.45) is 4.37. The highest BCUT2D eigenvalue weighted by Gasteiger charge is 2.15. The normalized spacial score (nSPS) is 12.7. The smallest absolute Gasteiger partial charge is 0.221 e. The van der Waals surface area contributed by atoms with Crippen LogP contribution in [0.5, 0.6) is 0 Å². The zero-order chi connectivity index (χ0) is 16.4. The molecule has 7 nitrogen and oxygen atoms in total. The Morgan fingerprint density at radius 2 is 2.13 bits per heavy atom. The fourth-order valence-corrected chi connectivity index (χ4v) is 2.79. The lowest BCUT2D eigenvalue weighted by Gasteiger charge is -2.06. The van der Waals surface area contributed by atoms with E-state index in [4.69, 9.17) is 4.42 Å². The molecule has 3 aromatic rings. The standard InChI is InChI=1S/C15H19BrN6O/c1-10(8-21-9-13(16)7-17-21)15-19-18-14(23-15)4-5-22-12(3)6-11(2)20-22/h6-7,9-10H,4-5,8H2,1-3H3. The first-order valence-corrected chi connectivity index (χ1v) is 8.32. The van der Waals surface area contributed by atoms with Crippen LogP contribution in [0, 0.1) is 13.8 Å². The van der Waals surface area contributed by atoms with Crippen LogP contribution < -0.4 is 0 Å². The Morgan fingerprint density at radius 1 is 1.30 bits per heavy atom. The highest BCUT2D eigenvalue weighted by molar-refractivity contribution is 9.10. The van der Waals surface area contributed by atoms with Crippen LogP contribution in [-0.4, -0.2) is 29.8 Å². The monoisotopic (exact) mass is 378 g/mol. The highest BCUT2D eigenvalue weighted by atomic mass is 79.9. The molecular weight excluding hydrogens is 360 g/mol. The predicted octanol–water partition coefficient (Wildman–Crippen LogP) is 2.89. The summed E-state index contributed by atoms with van der Waals surface area (Å²) in [5.74, 6) is 1.39. The molecule has 0 aromatic carbocycles. The summed E-state index contributed by atoms with van der Waals surface area (Å²) in [5, 5.41) is 17.0. The average molecular weight is 379 g/mol. The molecule has 0 N–H and O–H groups in total. The van der Waals surface area contributed by atoms with Gasteiger partial charge < -0.3 is 4.42 Å². The molecule has 3 heterocycles. The van der Waals surface area contributed by atoms with Gasteiger partial charge in [-0.3, -0.25) is 9.36 Å². The molecule has 122 valence electrons. The van der Waals surface area contributed by atoms with Crippen LogP contribution in [0.3, 0.4) is 0 Å². The largest absolute Gasteiger partial charge is 0.425 e. The zero-order valence-corrected chi connectivity index (χ0v) is 15.0. The number of nitrogens with zero attached hydrogens (tertiary/aromatic N) is 6. The van der Waals surface area contributed by atoms with Gasteiger partial charge in [0, 0.05) is 24.9 Å². The molecule has 0 radical (unpaired) electrons. The lowest BCUT2D eigenvalue weighted by atomic mass is 10.2. The van der Waals surface area contributed by atoms with E-state index in [0.29, 0.717) is 24.7 Å². The molecule has 0 saturated heterocycles. The summed E-state index contributed by atoms with van der Waals surface area (Å²) in [6, 6.07) is 2.06. The van der Waals surface area contributed by atoms with Crippen molar-refractivity contribution in [2.24, 2.45) is 0 Å². The van der Waals surface area contributed by atoms with Gasteiger partial charge in [0.05, 0.1) is 28.8 Å². The Labute approximate surface area is 142 Å². The molecule has 0 bridgehead atoms. The molecule has 0 fully saturated rings. The number of aromatic nitrogens is 6. The maximum absolute atomic E-state index is 5.78. The number of hydrogen-bond donors (Lipinski definition) is 0. The second-order valence-corrected chi connectivity index (χ2v) is 6.63. The molecule has 3 rings (SSSR count). The van der Waals surface area contributed by atoms with Gasteiger partial charge >= 0.3 is 0 Å². The molecule has 1 unspecified atom stereocenters. The van der Waals surface area contributed by atoms with Crippen molar-refractivity contribution in [2.75, 3.05) is 0 Å². The van der Waals surface area contributed by atoms with Gasteiger partial charge in [-0.1, -0.05) is 6.92 Å². The molecule has 23 heavy (non-hydrogen) atoms. The highest BCUT2D eigenvalue weighted by Crippen LogP contribution is 2.17. The van der Waals surface area contributed by atoms with E-state index >= 15 is 0 Å². The summed E-state index contributed by atoms with van der Waals surface area (Å²) in [7, 11) is 0. The van der Waals surface area contributed by atoms with Crippen molar-refractivity contribution in [3.63, 3.8) is 0 Å². The van der Waals surface area contributed by atoms with Crippen molar-refractivity contribution in [3.05, 3.63) is 46.1 Å². The van der Waals surface area contributed by atoms with Crippen LogP contribution in [0.4, 0.5) is 0 Å². The molecule has 0 amide bonds. The molecular formula is C15H19BrN6O. The quantitative estimate of drug-likeness (QED) is 0.659. The second kappa shape index (κ2) is 6.66. The van der Waals surface area contributed by atoms with Crippen LogP contribution >= 0.6 is 15.9 Å². The molecule has 0 aliphatic rings. The van der Waals surface area contributed by atoms with Crippen LogP contribution in [-0.2, 0) is 19.5 Å². The zero-order valence-electron chi connectivity index (χ0n) is 13.4. The maximum atomic E-state index is 5.78. The summed E-state index contributed by atoms with van der Waals surface area (Å²) in [6.45, 7) is 7.52. The third kappa shape index (κ3) is 3.87. The van der Waals surface area contributed by atoms with Gasteiger partial charge in [-0.15, -0.1) is 10.2 Å². The summed E-state index contributed by atoms with van der Waals surface area (Å²) >= 11 is 3.39. The molecule has 0 aliphatic carbocycles. The van der Waals surface area contributed by atoms with Gasteiger partial charge in [-0.25, -0.2) is 0 Å². The fraction of sp³-hybridized carbons (Fsp3) is 0.467. The molecule has 0 saturated carbocycles. The van der Waals surface area contributed by atoms with E-state index in [1.165, 1.54) is 0 Å². The number of aryl methyl sites for hydroxylation is 4. The van der Waals surface area contributed by atoms with Gasteiger partial charge in [0.1, 0.15) is 0 Å². The van der Waals surface area contributed by atoms with Crippen molar-refractivity contribution < 1.29 is 4.42 Å². The Bertz CT molecular complexity index is 790. The molecule has 8 heteroatoms. The Hall–Kier alpha value is -1.96. The lowest BCUT2D eigenvalue weighted by Crippen LogP contribution is -2.07. The minimum Gasteiger partial charge on any atom is -0.425 e. The van der Waals surface area contributed by atoms with E-state index in [1.807, 2.05) is 36.3 Å². The first-order valence-electron chi connectivity index (χ1n) is 7.52. The van der Waals surface area contributed by atoms with Crippen LogP contribution in [0.1, 0.15) is 36.0 Å². The summed E-state index contributed by atoms with van der Waals surface area (Å²) in [4.78, 5) is 0. The van der Waals surface area contributed by atoms with Gasteiger partial charge in [0.15, 0.2) is 0 Å². The third-order valence-electron chi connectivity index (χ3n) is 3.61. The Balaban J connectivity index is 1.60. The molecule has 3 aromatic heterocycles.